The molecule has 2 rings (SSSR count). The third-order valence-corrected chi connectivity index (χ3v) is 4.21. The van der Waals surface area contributed by atoms with Gasteiger partial charge in [-0.15, -0.1) is 0 Å². The first-order valence-corrected chi connectivity index (χ1v) is 7.66. The molecule has 1 aromatic rings. The lowest BCUT2D eigenvalue weighted by molar-refractivity contribution is -0.249. The molecule has 1 saturated carbocycles. The van der Waals surface area contributed by atoms with E-state index in [4.69, 9.17) is 16.3 Å². The molecular formula is C16H23ClO3. The fourth-order valence-electron chi connectivity index (χ4n) is 2.81. The van der Waals surface area contributed by atoms with Crippen LogP contribution in [0.5, 0.6) is 0 Å². The van der Waals surface area contributed by atoms with E-state index >= 15 is 0 Å². The van der Waals surface area contributed by atoms with E-state index in [9.17, 15) is 10.2 Å². The maximum atomic E-state index is 10.4. The van der Waals surface area contributed by atoms with E-state index in [-0.39, 0.29) is 12.7 Å². The molecule has 0 amide bonds. The fraction of sp³-hybridized carbons (Fsp3) is 0.625. The number of aliphatic hydroxyl groups is 2. The van der Waals surface area contributed by atoms with Crippen LogP contribution in [0.15, 0.2) is 18.2 Å². The molecule has 1 aliphatic rings. The predicted molar refractivity (Wildman–Crippen MR) is 79.9 cm³/mol. The summed E-state index contributed by atoms with van der Waals surface area (Å²) in [5, 5.41) is 20.6. The zero-order valence-corrected chi connectivity index (χ0v) is 12.7. The highest BCUT2D eigenvalue weighted by Crippen LogP contribution is 2.31. The molecule has 1 unspecified atom stereocenters. The second-order valence-electron chi connectivity index (χ2n) is 5.70. The van der Waals surface area contributed by atoms with Gasteiger partial charge in [0.15, 0.2) is 5.79 Å². The summed E-state index contributed by atoms with van der Waals surface area (Å²) in [6.07, 6.45) is 4.63. The Morgan fingerprint density at radius 1 is 1.30 bits per heavy atom. The van der Waals surface area contributed by atoms with Crippen molar-refractivity contribution in [2.75, 3.05) is 6.61 Å². The molecule has 0 aromatic heterocycles. The lowest BCUT2D eigenvalue weighted by Crippen LogP contribution is -2.40. The van der Waals surface area contributed by atoms with Crippen LogP contribution in [-0.4, -0.2) is 28.7 Å². The summed E-state index contributed by atoms with van der Waals surface area (Å²) in [5.41, 5.74) is 2.17. The molecule has 1 aliphatic carbocycles. The quantitative estimate of drug-likeness (QED) is 0.821. The number of rotatable bonds is 5. The van der Waals surface area contributed by atoms with Gasteiger partial charge in [0.1, 0.15) is 0 Å². The van der Waals surface area contributed by atoms with Crippen LogP contribution in [0.25, 0.3) is 0 Å². The van der Waals surface area contributed by atoms with Crippen molar-refractivity contribution < 1.29 is 14.9 Å². The topological polar surface area (TPSA) is 49.7 Å². The Labute approximate surface area is 125 Å². The average molecular weight is 299 g/mol. The molecule has 0 aliphatic heterocycles. The molecule has 20 heavy (non-hydrogen) atoms. The Kier molecular flexibility index (Phi) is 5.44. The largest absolute Gasteiger partial charge is 0.394 e. The molecule has 2 N–H and O–H groups in total. The van der Waals surface area contributed by atoms with Crippen molar-refractivity contribution >= 4 is 11.6 Å². The first-order valence-electron chi connectivity index (χ1n) is 7.28. The van der Waals surface area contributed by atoms with Crippen LogP contribution in [0, 0.1) is 6.92 Å². The van der Waals surface area contributed by atoms with Crippen LogP contribution < -0.4 is 0 Å². The fourth-order valence-corrected chi connectivity index (χ4v) is 3.04. The number of hydrogen-bond acceptors (Lipinski definition) is 3. The molecule has 0 heterocycles. The maximum absolute atomic E-state index is 10.4. The number of aryl methyl sites for hydroxylation is 1. The van der Waals surface area contributed by atoms with E-state index in [0.29, 0.717) is 24.3 Å². The molecule has 0 spiro atoms. The summed E-state index contributed by atoms with van der Waals surface area (Å²) in [4.78, 5) is 0. The Balaban J connectivity index is 2.01. The molecular weight excluding hydrogens is 276 g/mol. The monoisotopic (exact) mass is 298 g/mol. The highest BCUT2D eigenvalue weighted by Gasteiger charge is 2.32. The summed E-state index contributed by atoms with van der Waals surface area (Å²) in [6.45, 7) is 1.90. The SMILES string of the molecule is Cc1cc(Cl)ccc1CC(CO)OC1(O)CCCCC1. The van der Waals surface area contributed by atoms with E-state index in [2.05, 4.69) is 0 Å². The number of aliphatic hydroxyl groups excluding tert-OH is 1. The first kappa shape index (κ1) is 15.8. The van der Waals surface area contributed by atoms with Crippen LogP contribution in [0.2, 0.25) is 5.02 Å². The molecule has 4 heteroatoms. The van der Waals surface area contributed by atoms with Crippen molar-refractivity contribution in [2.45, 2.75) is 57.3 Å². The molecule has 3 nitrogen and oxygen atoms in total. The summed E-state index contributed by atoms with van der Waals surface area (Å²) in [5.74, 6) is -1.06. The predicted octanol–water partition coefficient (Wildman–Crippen LogP) is 3.22. The van der Waals surface area contributed by atoms with Crippen molar-refractivity contribution in [1.29, 1.82) is 0 Å². The highest BCUT2D eigenvalue weighted by atomic mass is 35.5. The van der Waals surface area contributed by atoms with Gasteiger partial charge in [-0.1, -0.05) is 24.1 Å². The van der Waals surface area contributed by atoms with Gasteiger partial charge in [0.25, 0.3) is 0 Å². The second-order valence-corrected chi connectivity index (χ2v) is 6.14. The second kappa shape index (κ2) is 6.90. The van der Waals surface area contributed by atoms with Gasteiger partial charge < -0.3 is 14.9 Å². The standard InChI is InChI=1S/C16H23ClO3/c1-12-9-14(17)6-5-13(12)10-15(11-18)20-16(19)7-3-2-4-8-16/h5-6,9,15,18-19H,2-4,7-8,10-11H2,1H3. The smallest absolute Gasteiger partial charge is 0.165 e. The summed E-state index contributed by atoms with van der Waals surface area (Å²) < 4.78 is 5.79. The number of halogens is 1. The molecule has 0 bridgehead atoms. The summed E-state index contributed by atoms with van der Waals surface area (Å²) in [6, 6.07) is 5.70. The third-order valence-electron chi connectivity index (χ3n) is 3.98. The van der Waals surface area contributed by atoms with Gasteiger partial charge in [0, 0.05) is 24.3 Å². The molecule has 0 radical (unpaired) electrons. The Morgan fingerprint density at radius 2 is 2.00 bits per heavy atom. The normalized spacial score (nSPS) is 19.8. The van der Waals surface area contributed by atoms with E-state index in [1.807, 2.05) is 25.1 Å². The Morgan fingerprint density at radius 3 is 2.60 bits per heavy atom. The lowest BCUT2D eigenvalue weighted by Gasteiger charge is -2.35. The number of ether oxygens (including phenoxy) is 1. The zero-order valence-electron chi connectivity index (χ0n) is 11.9. The average Bonchev–Trinajstić information content (AvgIpc) is 2.41. The summed E-state index contributed by atoms with van der Waals surface area (Å²) >= 11 is 5.94. The minimum atomic E-state index is -1.06. The zero-order chi connectivity index (χ0) is 14.6. The van der Waals surface area contributed by atoms with E-state index in [0.717, 1.165) is 30.4 Å². The van der Waals surface area contributed by atoms with Crippen LogP contribution >= 0.6 is 11.6 Å². The van der Waals surface area contributed by atoms with Crippen LogP contribution in [0.1, 0.15) is 43.2 Å². The number of benzene rings is 1. The third kappa shape index (κ3) is 4.19. The molecule has 0 saturated heterocycles. The van der Waals surface area contributed by atoms with Crippen molar-refractivity contribution in [3.63, 3.8) is 0 Å². The van der Waals surface area contributed by atoms with E-state index < -0.39 is 5.79 Å². The Bertz CT molecular complexity index is 441. The lowest BCUT2D eigenvalue weighted by atomic mass is 9.93. The van der Waals surface area contributed by atoms with E-state index in [1.54, 1.807) is 0 Å². The van der Waals surface area contributed by atoms with Crippen molar-refractivity contribution in [3.8, 4) is 0 Å². The Hall–Kier alpha value is -0.610. The minimum Gasteiger partial charge on any atom is -0.394 e. The van der Waals surface area contributed by atoms with Gasteiger partial charge >= 0.3 is 0 Å². The summed E-state index contributed by atoms with van der Waals surface area (Å²) in [7, 11) is 0. The molecule has 112 valence electrons. The molecule has 1 atom stereocenters. The highest BCUT2D eigenvalue weighted by molar-refractivity contribution is 6.30. The molecule has 1 aromatic carbocycles. The van der Waals surface area contributed by atoms with E-state index in [1.165, 1.54) is 0 Å². The van der Waals surface area contributed by atoms with Crippen molar-refractivity contribution in [3.05, 3.63) is 34.3 Å². The minimum absolute atomic E-state index is 0.0929. The van der Waals surface area contributed by atoms with Crippen molar-refractivity contribution in [2.24, 2.45) is 0 Å². The van der Waals surface area contributed by atoms with Gasteiger partial charge in [0.2, 0.25) is 0 Å². The van der Waals surface area contributed by atoms with Gasteiger partial charge in [-0.2, -0.15) is 0 Å². The van der Waals surface area contributed by atoms with Crippen molar-refractivity contribution in [1.82, 2.24) is 0 Å². The van der Waals surface area contributed by atoms with Gasteiger partial charge in [-0.3, -0.25) is 0 Å². The maximum Gasteiger partial charge on any atom is 0.165 e. The van der Waals surface area contributed by atoms with Crippen LogP contribution in [0.4, 0.5) is 0 Å². The van der Waals surface area contributed by atoms with Crippen LogP contribution in [-0.2, 0) is 11.2 Å². The van der Waals surface area contributed by atoms with Gasteiger partial charge in [0.05, 0.1) is 12.7 Å². The van der Waals surface area contributed by atoms with Gasteiger partial charge in [-0.05, 0) is 43.0 Å². The number of hydrogen-bond donors (Lipinski definition) is 2. The first-order chi connectivity index (χ1) is 9.52. The molecule has 1 fully saturated rings. The van der Waals surface area contributed by atoms with Gasteiger partial charge in [-0.25, -0.2) is 0 Å². The van der Waals surface area contributed by atoms with Crippen LogP contribution in [0.3, 0.4) is 0 Å².